The zero-order valence-electron chi connectivity index (χ0n) is 27.0. The van der Waals surface area contributed by atoms with Gasteiger partial charge in [-0.1, -0.05) is 79.7 Å². The molecule has 248 valence electrons. The first-order chi connectivity index (χ1) is 24.3. The Morgan fingerprint density at radius 1 is 0.640 bits per heavy atom. The molecule has 2 heterocycles. The molecule has 50 heavy (non-hydrogen) atoms. The highest BCUT2D eigenvalue weighted by atomic mass is 16.3. The van der Waals surface area contributed by atoms with E-state index in [1.165, 1.54) is 0 Å². The highest BCUT2D eigenvalue weighted by molar-refractivity contribution is 6.73. The molecule has 10 nitrogen and oxygen atoms in total. The van der Waals surface area contributed by atoms with E-state index >= 15 is 0 Å². The van der Waals surface area contributed by atoms with E-state index < -0.39 is 47.8 Å². The number of aliphatic hydroxyl groups is 3. The summed E-state index contributed by atoms with van der Waals surface area (Å²) >= 11 is 0. The number of anilines is 3. The number of hydrogen-bond donors (Lipinski definition) is 6. The van der Waals surface area contributed by atoms with Crippen LogP contribution >= 0.6 is 0 Å². The molecule has 0 aromatic heterocycles. The second-order valence-corrected chi connectivity index (χ2v) is 13.4. The number of Topliss-reactive ketones (excluding diaryl/α,β-unsaturated/α-hetero) is 3. The summed E-state index contributed by atoms with van der Waals surface area (Å²) in [6.07, 6.45) is 0.522. The van der Waals surface area contributed by atoms with Crippen LogP contribution in [0.1, 0.15) is 24.8 Å². The van der Waals surface area contributed by atoms with Crippen LogP contribution in [-0.4, -0.2) is 63.8 Å². The van der Waals surface area contributed by atoms with Gasteiger partial charge in [-0.25, -0.2) is 0 Å². The molecular weight excluding hydrogens is 632 g/mol. The van der Waals surface area contributed by atoms with Gasteiger partial charge < -0.3 is 31.3 Å². The molecule has 10 heteroatoms. The molecule has 1 saturated carbocycles. The lowest BCUT2D eigenvalue weighted by molar-refractivity contribution is -0.133. The lowest BCUT2D eigenvalue weighted by Gasteiger charge is -2.40. The van der Waals surface area contributed by atoms with E-state index in [9.17, 15) is 29.7 Å². The SMILES string of the molecule is CCC1(CO)N=c2c3ccccc3c(=C3C(=O)C(=O)C(c4c5ccccc5c5c6c(cccc46)NC(CO)(CO)N5)C3=O)c3cccc(c23)N1. The maximum atomic E-state index is 15.0. The van der Waals surface area contributed by atoms with Crippen LogP contribution in [-0.2, 0) is 14.4 Å². The van der Waals surface area contributed by atoms with Gasteiger partial charge in [-0.3, -0.25) is 19.4 Å². The van der Waals surface area contributed by atoms with E-state index in [1.54, 1.807) is 6.07 Å². The third kappa shape index (κ3) is 3.89. The second-order valence-electron chi connectivity index (χ2n) is 13.4. The lowest BCUT2D eigenvalue weighted by Crippen LogP contribution is -2.54. The van der Waals surface area contributed by atoms with Crippen LogP contribution in [0.2, 0.25) is 0 Å². The van der Waals surface area contributed by atoms with E-state index in [0.717, 1.165) is 0 Å². The van der Waals surface area contributed by atoms with Crippen molar-refractivity contribution in [2.45, 2.75) is 30.6 Å². The van der Waals surface area contributed by atoms with Crippen molar-refractivity contribution in [3.63, 3.8) is 0 Å². The van der Waals surface area contributed by atoms with Gasteiger partial charge in [0, 0.05) is 38.1 Å². The summed E-state index contributed by atoms with van der Waals surface area (Å²) in [4.78, 5) is 48.6. The number of carbonyl (C=O) groups is 3. The van der Waals surface area contributed by atoms with Crippen LogP contribution in [0.25, 0.3) is 48.7 Å². The molecule has 6 aromatic rings. The van der Waals surface area contributed by atoms with Crippen LogP contribution in [0.4, 0.5) is 17.1 Å². The monoisotopic (exact) mass is 664 g/mol. The smallest absolute Gasteiger partial charge is 0.233 e. The van der Waals surface area contributed by atoms with Crippen molar-refractivity contribution in [2.75, 3.05) is 35.8 Å². The minimum Gasteiger partial charge on any atom is -0.392 e. The van der Waals surface area contributed by atoms with Crippen molar-refractivity contribution in [1.82, 2.24) is 0 Å². The maximum Gasteiger partial charge on any atom is 0.233 e. The van der Waals surface area contributed by atoms with E-state index in [1.807, 2.05) is 85.8 Å². The van der Waals surface area contributed by atoms with Crippen LogP contribution in [0, 0.1) is 0 Å². The normalized spacial score (nSPS) is 21.8. The highest BCUT2D eigenvalue weighted by Gasteiger charge is 2.48. The summed E-state index contributed by atoms with van der Waals surface area (Å²) in [6, 6.07) is 25.8. The fourth-order valence-corrected chi connectivity index (χ4v) is 8.21. The molecule has 1 aliphatic carbocycles. The number of ketones is 3. The Morgan fingerprint density at radius 2 is 1.26 bits per heavy atom. The molecule has 9 rings (SSSR count). The summed E-state index contributed by atoms with van der Waals surface area (Å²) in [5.41, 5.74) is 0.0584. The number of rotatable bonds is 5. The highest BCUT2D eigenvalue weighted by Crippen LogP contribution is 2.48. The number of carbonyl (C=O) groups excluding carboxylic acids is 3. The predicted octanol–water partition coefficient (Wildman–Crippen LogP) is 3.62. The molecule has 0 bridgehead atoms. The Hall–Kier alpha value is -5.68. The van der Waals surface area contributed by atoms with Crippen molar-refractivity contribution in [3.8, 4) is 0 Å². The van der Waals surface area contributed by atoms with Crippen LogP contribution in [0.3, 0.4) is 0 Å². The fraction of sp³-hybridized carbons (Fsp3) is 0.200. The van der Waals surface area contributed by atoms with Crippen molar-refractivity contribution < 1.29 is 29.7 Å². The zero-order chi connectivity index (χ0) is 34.5. The summed E-state index contributed by atoms with van der Waals surface area (Å²) in [6.45, 7) is 0.895. The number of fused-ring (bicyclic) bond motifs is 4. The zero-order valence-corrected chi connectivity index (χ0v) is 27.0. The van der Waals surface area contributed by atoms with Crippen molar-refractivity contribution in [2.24, 2.45) is 4.99 Å². The average Bonchev–Trinajstić information content (AvgIpc) is 3.37. The number of hydrogen-bond acceptors (Lipinski definition) is 10. The van der Waals surface area contributed by atoms with Gasteiger partial charge in [-0.2, -0.15) is 0 Å². The van der Waals surface area contributed by atoms with E-state index in [4.69, 9.17) is 4.99 Å². The Morgan fingerprint density at radius 3 is 1.94 bits per heavy atom. The number of benzene rings is 6. The quantitative estimate of drug-likeness (QED) is 0.0920. The molecule has 0 radical (unpaired) electrons. The number of nitrogens with zero attached hydrogens (tertiary/aromatic N) is 1. The summed E-state index contributed by atoms with van der Waals surface area (Å²) in [7, 11) is 0. The number of aliphatic hydroxyl groups excluding tert-OH is 3. The molecule has 2 atom stereocenters. The molecule has 0 spiro atoms. The average molecular weight is 665 g/mol. The summed E-state index contributed by atoms with van der Waals surface area (Å²) in [5, 5.41) is 47.1. The largest absolute Gasteiger partial charge is 0.392 e. The molecule has 3 aliphatic rings. The maximum absolute atomic E-state index is 15.0. The molecule has 0 saturated heterocycles. The second kappa shape index (κ2) is 10.7. The Bertz CT molecular complexity index is 2660. The standard InChI is InChI=1S/C40H32N4O6/c1-2-39(17-45)41-26-15-7-13-24-28(20-9-3-5-11-22(20)34(43-39)30(24)26)32-36(48)33(38(50)37(32)49)29-21-10-4-6-12-23(21)35-31-25(29)14-8-16-27(31)42-40(18-46,19-47)44-35/h3-16,33,41-42,44-47H,2,17-19H2,1H3. The van der Waals surface area contributed by atoms with E-state index in [2.05, 4.69) is 16.0 Å². The van der Waals surface area contributed by atoms with Gasteiger partial charge in [0.15, 0.2) is 17.1 Å². The Labute approximate surface area is 284 Å². The molecule has 0 amide bonds. The first-order valence-corrected chi connectivity index (χ1v) is 16.6. The first kappa shape index (κ1) is 30.4. The Balaban J connectivity index is 1.37. The van der Waals surface area contributed by atoms with Crippen molar-refractivity contribution in [1.29, 1.82) is 0 Å². The van der Waals surface area contributed by atoms with Gasteiger partial charge in [0.2, 0.25) is 11.6 Å². The molecule has 2 unspecified atom stereocenters. The first-order valence-electron chi connectivity index (χ1n) is 16.6. The Kier molecular flexibility index (Phi) is 6.48. The third-order valence-corrected chi connectivity index (χ3v) is 10.7. The van der Waals surface area contributed by atoms with Gasteiger partial charge in [-0.15, -0.1) is 0 Å². The van der Waals surface area contributed by atoms with Crippen molar-refractivity contribution in [3.05, 3.63) is 101 Å². The molecule has 6 aromatic carbocycles. The minimum atomic E-state index is -1.40. The lowest BCUT2D eigenvalue weighted by atomic mass is 9.83. The minimum absolute atomic E-state index is 0.158. The van der Waals surface area contributed by atoms with Crippen molar-refractivity contribution >= 4 is 83.1 Å². The van der Waals surface area contributed by atoms with Crippen LogP contribution < -0.4 is 26.5 Å². The predicted molar refractivity (Wildman–Crippen MR) is 193 cm³/mol. The van der Waals surface area contributed by atoms with E-state index in [0.29, 0.717) is 82.7 Å². The van der Waals surface area contributed by atoms with Crippen LogP contribution in [0.15, 0.2) is 89.9 Å². The fourth-order valence-electron chi connectivity index (χ4n) is 8.21. The third-order valence-electron chi connectivity index (χ3n) is 10.7. The summed E-state index contributed by atoms with van der Waals surface area (Å²) < 4.78 is 0. The van der Waals surface area contributed by atoms with Gasteiger partial charge in [-0.05, 0) is 45.7 Å². The van der Waals surface area contributed by atoms with E-state index in [-0.39, 0.29) is 12.2 Å². The van der Waals surface area contributed by atoms with Gasteiger partial charge in [0.05, 0.1) is 36.4 Å². The molecule has 2 aliphatic heterocycles. The molecule has 6 N–H and O–H groups in total. The molecular formula is C40H32N4O6. The molecule has 1 fully saturated rings. The summed E-state index contributed by atoms with van der Waals surface area (Å²) in [5.74, 6) is -3.62. The van der Waals surface area contributed by atoms with Gasteiger partial charge in [0.1, 0.15) is 5.92 Å². The topological polar surface area (TPSA) is 160 Å². The number of nitrogens with one attached hydrogen (secondary N) is 3. The van der Waals surface area contributed by atoms with Gasteiger partial charge in [0.25, 0.3) is 0 Å². The van der Waals surface area contributed by atoms with Crippen LogP contribution in [0.5, 0.6) is 0 Å². The van der Waals surface area contributed by atoms with Gasteiger partial charge >= 0.3 is 0 Å².